The van der Waals surface area contributed by atoms with Crippen molar-refractivity contribution in [3.8, 4) is 33.9 Å². The van der Waals surface area contributed by atoms with Gasteiger partial charge >= 0.3 is 5.63 Å². The molecule has 4 aromatic rings. The Morgan fingerprint density at radius 1 is 1.09 bits per heavy atom. The second kappa shape index (κ2) is 7.27. The van der Waals surface area contributed by atoms with E-state index in [1.54, 1.807) is 35.3 Å². The highest BCUT2D eigenvalue weighted by Gasteiger charge is 2.30. The Bertz CT molecular complexity index is 1560. The number of phenolic OH excluding ortho intramolecular Hbond substituents is 1. The lowest BCUT2D eigenvalue weighted by Gasteiger charge is -2.22. The van der Waals surface area contributed by atoms with E-state index in [1.807, 2.05) is 24.3 Å². The molecule has 4 heterocycles. The van der Waals surface area contributed by atoms with Crippen molar-refractivity contribution < 1.29 is 14.3 Å². The van der Waals surface area contributed by atoms with Gasteiger partial charge in [0.2, 0.25) is 0 Å². The fourth-order valence-electron chi connectivity index (χ4n) is 4.11. The summed E-state index contributed by atoms with van der Waals surface area (Å²) in [7, 11) is 1.49. The third-order valence-electron chi connectivity index (χ3n) is 5.70. The number of rotatable bonds is 3. The Morgan fingerprint density at radius 3 is 2.85 bits per heavy atom. The van der Waals surface area contributed by atoms with Crippen LogP contribution in [0.3, 0.4) is 0 Å². The van der Waals surface area contributed by atoms with Crippen molar-refractivity contribution in [3.63, 3.8) is 0 Å². The van der Waals surface area contributed by atoms with E-state index in [4.69, 9.17) is 9.15 Å². The zero-order chi connectivity index (χ0) is 22.5. The van der Waals surface area contributed by atoms with Gasteiger partial charge in [-0.05, 0) is 41.5 Å². The maximum atomic E-state index is 12.8. The van der Waals surface area contributed by atoms with E-state index in [-0.39, 0.29) is 5.75 Å². The second-order valence-corrected chi connectivity index (χ2v) is 7.64. The van der Waals surface area contributed by atoms with Crippen LogP contribution in [0.5, 0.6) is 11.5 Å². The summed E-state index contributed by atoms with van der Waals surface area (Å²) in [5.41, 5.74) is 2.93. The molecule has 0 fully saturated rings. The van der Waals surface area contributed by atoms with E-state index in [0.29, 0.717) is 52.9 Å². The van der Waals surface area contributed by atoms with Crippen molar-refractivity contribution in [2.75, 3.05) is 20.2 Å². The van der Waals surface area contributed by atoms with Crippen LogP contribution in [0.2, 0.25) is 0 Å². The number of fused-ring (bicyclic) bond motifs is 4. The summed E-state index contributed by atoms with van der Waals surface area (Å²) >= 11 is 0. The number of pyridine rings is 1. The number of aromatic hydroxyl groups is 1. The lowest BCUT2D eigenvalue weighted by molar-refractivity contribution is 0.373. The lowest BCUT2D eigenvalue weighted by atomic mass is 9.96. The number of benzene rings is 2. The van der Waals surface area contributed by atoms with Crippen LogP contribution < -0.4 is 10.4 Å². The van der Waals surface area contributed by atoms with E-state index in [9.17, 15) is 9.90 Å². The highest BCUT2D eigenvalue weighted by molar-refractivity contribution is 6.09. The van der Waals surface area contributed by atoms with E-state index < -0.39 is 5.63 Å². The highest BCUT2D eigenvalue weighted by Crippen LogP contribution is 2.40. The monoisotopic (exact) mass is 439 g/mol. The molecule has 2 aromatic carbocycles. The van der Waals surface area contributed by atoms with Gasteiger partial charge in [0.05, 0.1) is 37.0 Å². The topological polar surface area (TPSA) is 113 Å². The third kappa shape index (κ3) is 3.05. The molecule has 0 atom stereocenters. The predicted molar refractivity (Wildman–Crippen MR) is 122 cm³/mol. The quantitative estimate of drug-likeness (QED) is 0.476. The van der Waals surface area contributed by atoms with Crippen LogP contribution in [0.4, 0.5) is 5.82 Å². The molecule has 0 radical (unpaired) electrons. The van der Waals surface area contributed by atoms with Gasteiger partial charge in [-0.2, -0.15) is 0 Å². The molecule has 9 nitrogen and oxygen atoms in total. The largest absolute Gasteiger partial charge is 0.504 e. The number of aromatic nitrogens is 1. The number of methoxy groups -OCH3 is 1. The molecule has 0 aliphatic carbocycles. The van der Waals surface area contributed by atoms with Gasteiger partial charge in [0.15, 0.2) is 23.2 Å². The predicted octanol–water partition coefficient (Wildman–Crippen LogP) is 4.31. The molecule has 1 N–H and O–H groups in total. The number of hydrogen-bond acceptors (Lipinski definition) is 9. The summed E-state index contributed by atoms with van der Waals surface area (Å²) in [6.45, 7) is 1.23. The molecule has 0 spiro atoms. The van der Waals surface area contributed by atoms with Crippen LogP contribution in [-0.2, 0) is 0 Å². The molecule has 0 saturated carbocycles. The Labute approximate surface area is 187 Å². The summed E-state index contributed by atoms with van der Waals surface area (Å²) in [4.78, 5) is 22.1. The first kappa shape index (κ1) is 19.2. The van der Waals surface area contributed by atoms with Crippen molar-refractivity contribution in [2.24, 2.45) is 15.3 Å². The van der Waals surface area contributed by atoms with Gasteiger partial charge in [-0.25, -0.2) is 14.8 Å². The molecule has 2 aromatic heterocycles. The highest BCUT2D eigenvalue weighted by atomic mass is 16.5. The van der Waals surface area contributed by atoms with Crippen LogP contribution in [0.15, 0.2) is 79.1 Å². The van der Waals surface area contributed by atoms with Gasteiger partial charge in [0.1, 0.15) is 5.58 Å². The molecule has 162 valence electrons. The summed E-state index contributed by atoms with van der Waals surface area (Å²) in [6, 6.07) is 15.9. The van der Waals surface area contributed by atoms with E-state index >= 15 is 0 Å². The van der Waals surface area contributed by atoms with Crippen molar-refractivity contribution in [3.05, 3.63) is 70.6 Å². The molecular weight excluding hydrogens is 422 g/mol. The van der Waals surface area contributed by atoms with E-state index in [2.05, 4.69) is 20.3 Å². The third-order valence-corrected chi connectivity index (χ3v) is 5.70. The average Bonchev–Trinajstić information content (AvgIpc) is 3.32. The van der Waals surface area contributed by atoms with Gasteiger partial charge in [-0.1, -0.05) is 29.5 Å². The number of amidine groups is 1. The number of nitrogens with zero attached hydrogens (tertiary/aromatic N) is 5. The van der Waals surface area contributed by atoms with Crippen molar-refractivity contribution in [2.45, 2.75) is 0 Å². The van der Waals surface area contributed by atoms with Crippen molar-refractivity contribution >= 4 is 22.6 Å². The SMILES string of the molecule is COc1cc(-c2cc(-c3cc4ccccc4oc3=O)nc3c2C2=NCCN2N=N3)ccc1O. The summed E-state index contributed by atoms with van der Waals surface area (Å²) in [5.74, 6) is 1.39. The fourth-order valence-corrected chi connectivity index (χ4v) is 4.11. The molecule has 0 amide bonds. The first-order chi connectivity index (χ1) is 16.1. The zero-order valence-electron chi connectivity index (χ0n) is 17.5. The fraction of sp³-hybridized carbons (Fsp3) is 0.125. The summed E-state index contributed by atoms with van der Waals surface area (Å²) in [5, 5.41) is 21.1. The first-order valence-corrected chi connectivity index (χ1v) is 10.3. The molecule has 0 bridgehead atoms. The maximum absolute atomic E-state index is 12.8. The van der Waals surface area contributed by atoms with Crippen molar-refractivity contribution in [1.29, 1.82) is 0 Å². The van der Waals surface area contributed by atoms with Crippen LogP contribution in [0, 0.1) is 0 Å². The van der Waals surface area contributed by atoms with Gasteiger partial charge in [0.25, 0.3) is 0 Å². The minimum absolute atomic E-state index is 0.0269. The summed E-state index contributed by atoms with van der Waals surface area (Å²) in [6.07, 6.45) is 0. The molecule has 33 heavy (non-hydrogen) atoms. The molecular formula is C24H17N5O4. The van der Waals surface area contributed by atoms with Gasteiger partial charge in [-0.15, -0.1) is 5.11 Å². The Kier molecular flexibility index (Phi) is 4.22. The molecule has 9 heteroatoms. The number of ether oxygens (including phenoxy) is 1. The molecule has 2 aliphatic heterocycles. The molecule has 6 rings (SSSR count). The van der Waals surface area contributed by atoms with Gasteiger partial charge in [-0.3, -0.25) is 4.99 Å². The smallest absolute Gasteiger partial charge is 0.345 e. The zero-order valence-corrected chi connectivity index (χ0v) is 17.5. The average molecular weight is 439 g/mol. The van der Waals surface area contributed by atoms with Crippen LogP contribution in [0.25, 0.3) is 33.4 Å². The van der Waals surface area contributed by atoms with Crippen molar-refractivity contribution in [1.82, 2.24) is 9.99 Å². The number of hydrogen-bond donors (Lipinski definition) is 1. The Balaban J connectivity index is 1.64. The number of aliphatic imine (C=N–C) groups is 1. The normalized spacial score (nSPS) is 14.2. The van der Waals surface area contributed by atoms with Gasteiger partial charge < -0.3 is 14.3 Å². The first-order valence-electron chi connectivity index (χ1n) is 10.3. The minimum atomic E-state index is -0.497. The number of phenols is 1. The van der Waals surface area contributed by atoms with Crippen LogP contribution in [-0.4, -0.2) is 41.1 Å². The number of para-hydroxylation sites is 1. The Morgan fingerprint density at radius 2 is 1.97 bits per heavy atom. The maximum Gasteiger partial charge on any atom is 0.345 e. The molecule has 0 unspecified atom stereocenters. The molecule has 0 saturated heterocycles. The van der Waals surface area contributed by atoms with Crippen LogP contribution in [0.1, 0.15) is 5.56 Å². The minimum Gasteiger partial charge on any atom is -0.504 e. The Hall–Kier alpha value is -4.53. The summed E-state index contributed by atoms with van der Waals surface area (Å²) < 4.78 is 10.8. The standard InChI is InChI=1S/C24H17N5O4/c1-32-20-11-13(6-7-18(20)30)15-12-17(16-10-14-4-2-3-5-19(14)33-24(16)31)26-22-21(15)23-25-8-9-29(23)28-27-22/h2-7,10-12,30H,8-9H2,1H3. The lowest BCUT2D eigenvalue weighted by Crippen LogP contribution is -2.25. The van der Waals surface area contributed by atoms with Gasteiger partial charge in [0, 0.05) is 5.39 Å². The van der Waals surface area contributed by atoms with Crippen LogP contribution >= 0.6 is 0 Å². The molecule has 2 aliphatic rings. The second-order valence-electron chi connectivity index (χ2n) is 7.64. The van der Waals surface area contributed by atoms with E-state index in [0.717, 1.165) is 16.5 Å². The van der Waals surface area contributed by atoms with E-state index in [1.165, 1.54) is 7.11 Å².